The first-order valence-electron chi connectivity index (χ1n) is 7.76. The van der Waals surface area contributed by atoms with Crippen LogP contribution in [0.4, 0.5) is 0 Å². The van der Waals surface area contributed by atoms with Gasteiger partial charge in [0.05, 0.1) is 4.90 Å². The summed E-state index contributed by atoms with van der Waals surface area (Å²) in [6, 6.07) is 13.6. The summed E-state index contributed by atoms with van der Waals surface area (Å²) in [6.45, 7) is 0.176. The van der Waals surface area contributed by atoms with Crippen molar-refractivity contribution in [2.75, 3.05) is 0 Å². The number of carbonyl (C=O) groups is 1. The van der Waals surface area contributed by atoms with Crippen LogP contribution in [0.15, 0.2) is 65.7 Å². The van der Waals surface area contributed by atoms with Gasteiger partial charge in [-0.05, 0) is 41.5 Å². The van der Waals surface area contributed by atoms with E-state index in [0.29, 0.717) is 5.56 Å². The molecule has 0 atom stereocenters. The fraction of sp³-hybridized carbons (Fsp3) is 0.0556. The number of carbonyl (C=O) groups excluding carboxylic acids is 1. The average molecular weight is 371 g/mol. The molecule has 0 spiro atoms. The van der Waals surface area contributed by atoms with E-state index in [-0.39, 0.29) is 11.4 Å². The summed E-state index contributed by atoms with van der Waals surface area (Å²) in [7, 11) is -3.67. The Hall–Kier alpha value is -2.94. The maximum absolute atomic E-state index is 12.5. The number of sulfonamides is 1. The fourth-order valence-corrected chi connectivity index (χ4v) is 3.53. The first-order chi connectivity index (χ1) is 12.5. The van der Waals surface area contributed by atoms with E-state index in [9.17, 15) is 13.2 Å². The van der Waals surface area contributed by atoms with Crippen molar-refractivity contribution in [3.8, 4) is 0 Å². The quantitative estimate of drug-likeness (QED) is 0.302. The molecule has 0 aliphatic carbocycles. The van der Waals surface area contributed by atoms with E-state index in [1.807, 2.05) is 30.5 Å². The van der Waals surface area contributed by atoms with Crippen molar-refractivity contribution in [3.63, 3.8) is 0 Å². The van der Waals surface area contributed by atoms with Gasteiger partial charge < -0.3 is 4.98 Å². The van der Waals surface area contributed by atoms with Gasteiger partial charge >= 0.3 is 0 Å². The van der Waals surface area contributed by atoms with Crippen LogP contribution < -0.4 is 10.2 Å². The van der Waals surface area contributed by atoms with Crippen LogP contribution in [0, 0.1) is 0 Å². The molecule has 1 heterocycles. The Labute approximate surface area is 150 Å². The van der Waals surface area contributed by atoms with Gasteiger partial charge in [0.15, 0.2) is 0 Å². The zero-order valence-corrected chi connectivity index (χ0v) is 14.5. The van der Waals surface area contributed by atoms with E-state index < -0.39 is 15.9 Å². The summed E-state index contributed by atoms with van der Waals surface area (Å²) < 4.78 is 27.5. The van der Waals surface area contributed by atoms with Crippen LogP contribution in [0.3, 0.4) is 0 Å². The standard InChI is InChI=1S/C18H17N3O4S/c22-18(21-23)9-6-13-4-7-15(8-5-13)26(24,25)20-12-14-2-1-3-17-16(14)10-11-19-17/h1-11,19-20,23H,12H2,(H,21,22)/b9-6+. The largest absolute Gasteiger partial charge is 0.361 e. The molecule has 0 unspecified atom stereocenters. The molecule has 3 aromatic rings. The lowest BCUT2D eigenvalue weighted by Crippen LogP contribution is -2.23. The van der Waals surface area contributed by atoms with Crippen LogP contribution in [0.5, 0.6) is 0 Å². The Kier molecular flexibility index (Phi) is 5.17. The molecule has 1 amide bonds. The second kappa shape index (κ2) is 7.52. The highest BCUT2D eigenvalue weighted by atomic mass is 32.2. The fourth-order valence-electron chi connectivity index (χ4n) is 2.53. The topological polar surface area (TPSA) is 111 Å². The SMILES string of the molecule is O=C(/C=C/c1ccc(S(=O)(=O)NCc2cccc3[nH]ccc23)cc1)NO. The van der Waals surface area contributed by atoms with Gasteiger partial charge in [0, 0.05) is 29.7 Å². The van der Waals surface area contributed by atoms with Gasteiger partial charge in [-0.2, -0.15) is 0 Å². The van der Waals surface area contributed by atoms with Gasteiger partial charge in [-0.3, -0.25) is 10.0 Å². The number of hydrogen-bond acceptors (Lipinski definition) is 4. The van der Waals surface area contributed by atoms with Crippen LogP contribution in [-0.2, 0) is 21.4 Å². The molecule has 8 heteroatoms. The lowest BCUT2D eigenvalue weighted by Gasteiger charge is -2.08. The summed E-state index contributed by atoms with van der Waals surface area (Å²) in [5, 5.41) is 9.40. The highest BCUT2D eigenvalue weighted by Crippen LogP contribution is 2.18. The third-order valence-corrected chi connectivity index (χ3v) is 5.28. The summed E-state index contributed by atoms with van der Waals surface area (Å²) in [6.07, 6.45) is 4.41. The Bertz CT molecular complexity index is 1050. The molecule has 2 aromatic carbocycles. The highest BCUT2D eigenvalue weighted by molar-refractivity contribution is 7.89. The van der Waals surface area contributed by atoms with Crippen molar-refractivity contribution in [1.82, 2.24) is 15.2 Å². The molecule has 0 saturated heterocycles. The van der Waals surface area contributed by atoms with Gasteiger partial charge in [-0.25, -0.2) is 18.6 Å². The van der Waals surface area contributed by atoms with Crippen LogP contribution in [-0.4, -0.2) is 24.5 Å². The van der Waals surface area contributed by atoms with E-state index in [1.54, 1.807) is 12.1 Å². The van der Waals surface area contributed by atoms with Gasteiger partial charge in [0.1, 0.15) is 0 Å². The lowest BCUT2D eigenvalue weighted by atomic mass is 10.1. The number of amides is 1. The molecule has 0 fully saturated rings. The normalized spacial score (nSPS) is 11.9. The second-order valence-corrected chi connectivity index (χ2v) is 7.33. The average Bonchev–Trinajstić information content (AvgIpc) is 3.14. The molecule has 0 aliphatic rings. The Balaban J connectivity index is 1.73. The van der Waals surface area contributed by atoms with E-state index in [2.05, 4.69) is 9.71 Å². The van der Waals surface area contributed by atoms with Crippen LogP contribution in [0.2, 0.25) is 0 Å². The molecule has 1 aromatic heterocycles. The second-order valence-electron chi connectivity index (χ2n) is 5.56. The number of fused-ring (bicyclic) bond motifs is 1. The first-order valence-corrected chi connectivity index (χ1v) is 9.25. The van der Waals surface area contributed by atoms with Crippen molar-refractivity contribution in [1.29, 1.82) is 0 Å². The van der Waals surface area contributed by atoms with E-state index >= 15 is 0 Å². The van der Waals surface area contributed by atoms with Crippen LogP contribution >= 0.6 is 0 Å². The van der Waals surface area contributed by atoms with E-state index in [0.717, 1.165) is 22.5 Å². The predicted octanol–water partition coefficient (Wildman–Crippen LogP) is 2.17. The smallest absolute Gasteiger partial charge is 0.267 e. The zero-order valence-electron chi connectivity index (χ0n) is 13.6. The summed E-state index contributed by atoms with van der Waals surface area (Å²) in [4.78, 5) is 14.2. The molecule has 134 valence electrons. The number of aromatic amines is 1. The van der Waals surface area contributed by atoms with Gasteiger partial charge in [0.2, 0.25) is 10.0 Å². The Morgan fingerprint density at radius 3 is 2.62 bits per heavy atom. The third-order valence-electron chi connectivity index (χ3n) is 3.87. The first kappa shape index (κ1) is 17.9. The molecule has 0 bridgehead atoms. The third kappa shape index (κ3) is 3.99. The monoisotopic (exact) mass is 371 g/mol. The van der Waals surface area contributed by atoms with Crippen LogP contribution in [0.1, 0.15) is 11.1 Å². The van der Waals surface area contributed by atoms with Crippen molar-refractivity contribution < 1.29 is 18.4 Å². The molecule has 0 aliphatic heterocycles. The molecule has 0 radical (unpaired) electrons. The number of nitrogens with one attached hydrogen (secondary N) is 3. The maximum Gasteiger partial charge on any atom is 0.267 e. The summed E-state index contributed by atoms with van der Waals surface area (Å²) >= 11 is 0. The van der Waals surface area contributed by atoms with Crippen LogP contribution in [0.25, 0.3) is 17.0 Å². The molecule has 0 saturated carbocycles. The van der Waals surface area contributed by atoms with Crippen molar-refractivity contribution >= 4 is 32.9 Å². The minimum absolute atomic E-state index is 0.127. The number of rotatable bonds is 6. The molecule has 3 rings (SSSR count). The van der Waals surface area contributed by atoms with E-state index in [4.69, 9.17) is 5.21 Å². The lowest BCUT2D eigenvalue weighted by molar-refractivity contribution is -0.124. The maximum atomic E-state index is 12.5. The Morgan fingerprint density at radius 1 is 1.12 bits per heavy atom. The minimum atomic E-state index is -3.67. The number of H-pyrrole nitrogens is 1. The molecule has 7 nitrogen and oxygen atoms in total. The summed E-state index contributed by atoms with van der Waals surface area (Å²) in [5.41, 5.74) is 3.93. The highest BCUT2D eigenvalue weighted by Gasteiger charge is 2.14. The van der Waals surface area contributed by atoms with Crippen molar-refractivity contribution in [2.24, 2.45) is 0 Å². The molecular weight excluding hydrogens is 354 g/mol. The van der Waals surface area contributed by atoms with Gasteiger partial charge in [0.25, 0.3) is 5.91 Å². The van der Waals surface area contributed by atoms with Gasteiger partial charge in [-0.1, -0.05) is 24.3 Å². The Morgan fingerprint density at radius 2 is 1.88 bits per heavy atom. The number of aromatic nitrogens is 1. The van der Waals surface area contributed by atoms with Crippen molar-refractivity contribution in [2.45, 2.75) is 11.4 Å². The molecule has 26 heavy (non-hydrogen) atoms. The van der Waals surface area contributed by atoms with Gasteiger partial charge in [-0.15, -0.1) is 0 Å². The summed E-state index contributed by atoms with van der Waals surface area (Å²) in [5.74, 6) is -0.665. The molecule has 4 N–H and O–H groups in total. The predicted molar refractivity (Wildman–Crippen MR) is 97.7 cm³/mol. The number of benzene rings is 2. The number of hydroxylamine groups is 1. The number of hydrogen-bond donors (Lipinski definition) is 4. The minimum Gasteiger partial charge on any atom is -0.361 e. The molecular formula is C18H17N3O4S. The van der Waals surface area contributed by atoms with Crippen molar-refractivity contribution in [3.05, 3.63) is 71.9 Å². The van der Waals surface area contributed by atoms with E-state index in [1.165, 1.54) is 23.7 Å². The zero-order chi connectivity index (χ0) is 18.6.